The highest BCUT2D eigenvalue weighted by Crippen LogP contribution is 2.28. The van der Waals surface area contributed by atoms with Gasteiger partial charge in [-0.25, -0.2) is 0 Å². The summed E-state index contributed by atoms with van der Waals surface area (Å²) in [5.74, 6) is 1.06. The average Bonchev–Trinajstić information content (AvgIpc) is 2.17. The largest absolute Gasteiger partial charge is 0.540 e. The van der Waals surface area contributed by atoms with E-state index >= 15 is 0 Å². The van der Waals surface area contributed by atoms with E-state index in [1.807, 2.05) is 17.8 Å². The van der Waals surface area contributed by atoms with E-state index in [0.29, 0.717) is 0 Å². The van der Waals surface area contributed by atoms with Gasteiger partial charge in [-0.2, -0.15) is 0 Å². The first-order chi connectivity index (χ1) is 7.44. The molecule has 3 heteroatoms. The highest BCUT2D eigenvalue weighted by molar-refractivity contribution is 8.02. The molecule has 0 bridgehead atoms. The molecule has 94 valence electrons. The summed E-state index contributed by atoms with van der Waals surface area (Å²) in [5, 5.41) is 1.12. The van der Waals surface area contributed by atoms with Gasteiger partial charge in [-0.15, -0.1) is 0 Å². The van der Waals surface area contributed by atoms with Crippen LogP contribution in [0.4, 0.5) is 0 Å². The molecule has 0 amide bonds. The van der Waals surface area contributed by atoms with Gasteiger partial charge in [0, 0.05) is 0 Å². The van der Waals surface area contributed by atoms with Crippen LogP contribution in [0.5, 0.6) is 0 Å². The number of hydrogen-bond acceptors (Lipinski definition) is 2. The van der Waals surface area contributed by atoms with Gasteiger partial charge in [-0.05, 0) is 43.8 Å². The molecule has 0 heterocycles. The van der Waals surface area contributed by atoms with Crippen molar-refractivity contribution in [2.24, 2.45) is 0 Å². The Balaban J connectivity index is 4.77. The third-order valence-electron chi connectivity index (χ3n) is 1.98. The van der Waals surface area contributed by atoms with E-state index in [1.54, 1.807) is 0 Å². The molecule has 0 N–H and O–H groups in total. The Labute approximate surface area is 106 Å². The minimum Gasteiger partial charge on any atom is -0.540 e. The number of thioether (sulfide) groups is 1. The maximum absolute atomic E-state index is 6.14. The minimum atomic E-state index is -1.50. The molecule has 0 spiro atoms. The molecule has 0 unspecified atom stereocenters. The molecular formula is C13H26OSSi. The van der Waals surface area contributed by atoms with Gasteiger partial charge in [0.2, 0.25) is 8.32 Å². The van der Waals surface area contributed by atoms with Crippen LogP contribution in [0.2, 0.25) is 19.6 Å². The van der Waals surface area contributed by atoms with Crippen LogP contribution in [0.15, 0.2) is 23.3 Å². The molecule has 0 aliphatic rings. The van der Waals surface area contributed by atoms with Gasteiger partial charge in [0.15, 0.2) is 0 Å². The van der Waals surface area contributed by atoms with Gasteiger partial charge >= 0.3 is 0 Å². The van der Waals surface area contributed by atoms with Gasteiger partial charge in [0.1, 0.15) is 5.09 Å². The van der Waals surface area contributed by atoms with Gasteiger partial charge in [-0.1, -0.05) is 44.7 Å². The molecule has 0 radical (unpaired) electrons. The summed E-state index contributed by atoms with van der Waals surface area (Å²) in [5.41, 5.74) is 1.29. The highest BCUT2D eigenvalue weighted by Gasteiger charge is 2.19. The molecule has 0 aliphatic carbocycles. The van der Waals surface area contributed by atoms with Crippen LogP contribution in [-0.2, 0) is 4.43 Å². The molecule has 0 saturated heterocycles. The molecule has 1 nitrogen and oxygen atoms in total. The zero-order chi connectivity index (χ0) is 12.6. The lowest BCUT2D eigenvalue weighted by Crippen LogP contribution is -2.24. The van der Waals surface area contributed by atoms with E-state index in [1.165, 1.54) is 18.4 Å². The number of unbranched alkanes of at least 4 members (excludes halogenated alkanes) is 1. The van der Waals surface area contributed by atoms with Gasteiger partial charge < -0.3 is 4.43 Å². The second-order valence-electron chi connectivity index (χ2n) is 4.77. The first-order valence-corrected chi connectivity index (χ1v) is 10.5. The quantitative estimate of drug-likeness (QED) is 0.337. The predicted octanol–water partition coefficient (Wildman–Crippen LogP) is 5.18. The van der Waals surface area contributed by atoms with Crippen LogP contribution in [0.1, 0.15) is 33.1 Å². The fourth-order valence-corrected chi connectivity index (χ4v) is 3.56. The van der Waals surface area contributed by atoms with E-state index in [-0.39, 0.29) is 0 Å². The van der Waals surface area contributed by atoms with Gasteiger partial charge in [0.05, 0.1) is 0 Å². The number of allylic oxidation sites excluding steroid dienone is 2. The molecule has 0 aliphatic heterocycles. The molecule has 0 rings (SSSR count). The van der Waals surface area contributed by atoms with E-state index < -0.39 is 8.32 Å². The van der Waals surface area contributed by atoms with Crippen molar-refractivity contribution in [3.05, 3.63) is 23.3 Å². The Kier molecular flexibility index (Phi) is 7.94. The van der Waals surface area contributed by atoms with Crippen molar-refractivity contribution in [1.82, 2.24) is 0 Å². The Morgan fingerprint density at radius 3 is 2.31 bits per heavy atom. The topological polar surface area (TPSA) is 9.23 Å². The molecule has 0 fully saturated rings. The van der Waals surface area contributed by atoms with Crippen molar-refractivity contribution in [2.45, 2.75) is 52.8 Å². The lowest BCUT2D eigenvalue weighted by atomic mass is 10.1. The van der Waals surface area contributed by atoms with Crippen molar-refractivity contribution >= 4 is 20.1 Å². The minimum absolute atomic E-state index is 1.06. The van der Waals surface area contributed by atoms with Crippen LogP contribution in [0.25, 0.3) is 0 Å². The molecule has 0 aromatic rings. The summed E-state index contributed by atoms with van der Waals surface area (Å²) in [6.45, 7) is 15.0. The van der Waals surface area contributed by atoms with Crippen molar-refractivity contribution in [1.29, 1.82) is 0 Å². The van der Waals surface area contributed by atoms with E-state index in [4.69, 9.17) is 4.43 Å². The normalized spacial score (nSPS) is 13.3. The SMILES string of the molecule is C=C/C(CCCC)=C(\O[Si](C)(C)C)SCC. The van der Waals surface area contributed by atoms with E-state index in [9.17, 15) is 0 Å². The van der Waals surface area contributed by atoms with Crippen molar-refractivity contribution in [3.63, 3.8) is 0 Å². The summed E-state index contributed by atoms with van der Waals surface area (Å²) >= 11 is 1.81. The Morgan fingerprint density at radius 1 is 1.31 bits per heavy atom. The standard InChI is InChI=1S/C13H26OSSi/c1-7-10-11-12(8-2)13(15-9-3)14-16(4,5)6/h8H,2,7,9-11H2,1,3-6H3/b13-12-. The third kappa shape index (κ3) is 7.18. The van der Waals surface area contributed by atoms with Crippen LogP contribution < -0.4 is 0 Å². The monoisotopic (exact) mass is 258 g/mol. The summed E-state index contributed by atoms with van der Waals surface area (Å²) in [6.07, 6.45) is 5.49. The van der Waals surface area contributed by atoms with Gasteiger partial charge in [-0.3, -0.25) is 0 Å². The summed E-state index contributed by atoms with van der Waals surface area (Å²) < 4.78 is 6.14. The molecule has 16 heavy (non-hydrogen) atoms. The van der Waals surface area contributed by atoms with Crippen LogP contribution in [-0.4, -0.2) is 14.1 Å². The van der Waals surface area contributed by atoms with E-state index in [0.717, 1.165) is 17.3 Å². The molecule has 0 atom stereocenters. The van der Waals surface area contributed by atoms with Crippen LogP contribution in [0.3, 0.4) is 0 Å². The summed E-state index contributed by atoms with van der Waals surface area (Å²) in [6, 6.07) is 0. The van der Waals surface area contributed by atoms with E-state index in [2.05, 4.69) is 40.1 Å². The van der Waals surface area contributed by atoms with Crippen LogP contribution in [0, 0.1) is 0 Å². The second kappa shape index (κ2) is 8.01. The average molecular weight is 259 g/mol. The second-order valence-corrected chi connectivity index (χ2v) is 10.4. The zero-order valence-electron chi connectivity index (χ0n) is 11.4. The maximum Gasteiger partial charge on any atom is 0.242 e. The number of hydrogen-bond donors (Lipinski definition) is 0. The fourth-order valence-electron chi connectivity index (χ4n) is 1.25. The predicted molar refractivity (Wildman–Crippen MR) is 79.3 cm³/mol. The Bertz CT molecular complexity index is 241. The third-order valence-corrected chi connectivity index (χ3v) is 3.84. The smallest absolute Gasteiger partial charge is 0.242 e. The van der Waals surface area contributed by atoms with Crippen molar-refractivity contribution in [3.8, 4) is 0 Å². The summed E-state index contributed by atoms with van der Waals surface area (Å²) in [4.78, 5) is 0. The van der Waals surface area contributed by atoms with Crippen LogP contribution >= 0.6 is 11.8 Å². The molecular weight excluding hydrogens is 232 g/mol. The lowest BCUT2D eigenvalue weighted by Gasteiger charge is -2.23. The van der Waals surface area contributed by atoms with Gasteiger partial charge in [0.25, 0.3) is 0 Å². The Morgan fingerprint density at radius 2 is 1.94 bits per heavy atom. The Hall–Kier alpha value is -0.153. The fraction of sp³-hybridized carbons (Fsp3) is 0.692. The van der Waals surface area contributed by atoms with Crippen molar-refractivity contribution < 1.29 is 4.43 Å². The van der Waals surface area contributed by atoms with Crippen molar-refractivity contribution in [2.75, 3.05) is 5.75 Å². The maximum atomic E-state index is 6.14. The first-order valence-electron chi connectivity index (χ1n) is 6.12. The summed E-state index contributed by atoms with van der Waals surface area (Å²) in [7, 11) is -1.50. The first kappa shape index (κ1) is 15.8. The molecule has 0 aromatic carbocycles. The molecule has 0 saturated carbocycles. The molecule has 0 aromatic heterocycles. The highest BCUT2D eigenvalue weighted by atomic mass is 32.2. The lowest BCUT2D eigenvalue weighted by molar-refractivity contribution is 0.456. The zero-order valence-corrected chi connectivity index (χ0v) is 13.2. The number of rotatable bonds is 8.